The highest BCUT2D eigenvalue weighted by atomic mass is 16.6. The van der Waals surface area contributed by atoms with Gasteiger partial charge in [0, 0.05) is 25.7 Å². The molecule has 0 aromatic heterocycles. The molecule has 0 aliphatic heterocycles. The van der Waals surface area contributed by atoms with Crippen LogP contribution in [0, 0.1) is 10.1 Å². The quantitative estimate of drug-likeness (QED) is 0.575. The van der Waals surface area contributed by atoms with Crippen molar-refractivity contribution in [2.24, 2.45) is 5.73 Å². The van der Waals surface area contributed by atoms with Crippen LogP contribution in [0.5, 0.6) is 0 Å². The van der Waals surface area contributed by atoms with E-state index in [1.54, 1.807) is 14.1 Å². The molecule has 7 nitrogen and oxygen atoms in total. The van der Waals surface area contributed by atoms with E-state index in [1.165, 1.54) is 23.2 Å². The summed E-state index contributed by atoms with van der Waals surface area (Å²) in [6.45, 7) is 0. The summed E-state index contributed by atoms with van der Waals surface area (Å²) in [4.78, 5) is 21.1. The van der Waals surface area contributed by atoms with Gasteiger partial charge in [-0.2, -0.15) is 0 Å². The van der Waals surface area contributed by atoms with Crippen LogP contribution >= 0.6 is 0 Å². The third kappa shape index (κ3) is 2.67. The SMILES string of the molecule is CN(C)Nc1cc(C(N)=O)ccc1[N+](=O)[O-]. The highest BCUT2D eigenvalue weighted by Crippen LogP contribution is 2.25. The number of nitrogens with zero attached hydrogens (tertiary/aromatic N) is 2. The zero-order valence-electron chi connectivity index (χ0n) is 8.93. The summed E-state index contributed by atoms with van der Waals surface area (Å²) in [6, 6.07) is 3.91. The van der Waals surface area contributed by atoms with Crippen LogP contribution in [0.15, 0.2) is 18.2 Å². The van der Waals surface area contributed by atoms with Crippen molar-refractivity contribution in [3.8, 4) is 0 Å². The van der Waals surface area contributed by atoms with Gasteiger partial charge in [0.25, 0.3) is 5.69 Å². The first-order chi connectivity index (χ1) is 7.41. The normalized spacial score (nSPS) is 10.2. The van der Waals surface area contributed by atoms with Crippen LogP contribution in [0.3, 0.4) is 0 Å². The number of primary amides is 1. The lowest BCUT2D eigenvalue weighted by Gasteiger charge is -2.13. The second-order valence-corrected chi connectivity index (χ2v) is 3.36. The number of hydrazine groups is 1. The Morgan fingerprint density at radius 2 is 2.12 bits per heavy atom. The van der Waals surface area contributed by atoms with Crippen molar-refractivity contribution >= 4 is 17.3 Å². The fourth-order valence-electron chi connectivity index (χ4n) is 1.18. The van der Waals surface area contributed by atoms with Crippen molar-refractivity contribution < 1.29 is 9.72 Å². The first-order valence-electron chi connectivity index (χ1n) is 4.44. The molecule has 0 saturated carbocycles. The number of nitro groups is 1. The van der Waals surface area contributed by atoms with E-state index in [4.69, 9.17) is 5.73 Å². The summed E-state index contributed by atoms with van der Waals surface area (Å²) < 4.78 is 0. The molecule has 7 heteroatoms. The van der Waals surface area contributed by atoms with Gasteiger partial charge >= 0.3 is 0 Å². The van der Waals surface area contributed by atoms with Crippen molar-refractivity contribution in [1.82, 2.24) is 5.01 Å². The van der Waals surface area contributed by atoms with E-state index in [9.17, 15) is 14.9 Å². The molecule has 0 fully saturated rings. The highest BCUT2D eigenvalue weighted by molar-refractivity contribution is 5.94. The molecule has 86 valence electrons. The zero-order chi connectivity index (χ0) is 12.3. The fourth-order valence-corrected chi connectivity index (χ4v) is 1.18. The van der Waals surface area contributed by atoms with Crippen LogP contribution < -0.4 is 11.2 Å². The van der Waals surface area contributed by atoms with Crippen LogP contribution in [0.1, 0.15) is 10.4 Å². The van der Waals surface area contributed by atoms with Gasteiger partial charge in [0.15, 0.2) is 0 Å². The van der Waals surface area contributed by atoms with Gasteiger partial charge in [0.1, 0.15) is 5.69 Å². The lowest BCUT2D eigenvalue weighted by molar-refractivity contribution is -0.384. The summed E-state index contributed by atoms with van der Waals surface area (Å²) in [7, 11) is 3.36. The number of nitro benzene ring substituents is 1. The minimum Gasteiger partial charge on any atom is -0.366 e. The van der Waals surface area contributed by atoms with Crippen molar-refractivity contribution in [1.29, 1.82) is 0 Å². The number of rotatable bonds is 4. The van der Waals surface area contributed by atoms with E-state index in [-0.39, 0.29) is 16.9 Å². The number of amides is 1. The Hall–Kier alpha value is -2.15. The minimum atomic E-state index is -0.628. The number of carbonyl (C=O) groups excluding carboxylic acids is 1. The second-order valence-electron chi connectivity index (χ2n) is 3.36. The lowest BCUT2D eigenvalue weighted by Crippen LogP contribution is -2.21. The third-order valence-electron chi connectivity index (χ3n) is 1.82. The van der Waals surface area contributed by atoms with Gasteiger partial charge in [0.2, 0.25) is 5.91 Å². The van der Waals surface area contributed by atoms with E-state index in [1.807, 2.05) is 0 Å². The maximum Gasteiger partial charge on any atom is 0.293 e. The standard InChI is InChI=1S/C9H12N4O3/c1-12(2)11-7-5-6(9(10)14)3-4-8(7)13(15)16/h3-5,11H,1-2H3,(H2,10,14). The summed E-state index contributed by atoms with van der Waals surface area (Å²) in [5.41, 5.74) is 8.16. The molecule has 0 saturated heterocycles. The van der Waals surface area contributed by atoms with Crippen LogP contribution in [-0.4, -0.2) is 29.9 Å². The van der Waals surface area contributed by atoms with Crippen molar-refractivity contribution in [2.45, 2.75) is 0 Å². The number of benzene rings is 1. The van der Waals surface area contributed by atoms with Crippen molar-refractivity contribution in [3.63, 3.8) is 0 Å². The predicted octanol–water partition coefficient (Wildman–Crippen LogP) is 0.582. The first-order valence-corrected chi connectivity index (χ1v) is 4.44. The molecule has 0 spiro atoms. The molecule has 1 aromatic carbocycles. The minimum absolute atomic E-state index is 0.112. The molecule has 0 bridgehead atoms. The summed E-state index contributed by atoms with van der Waals surface area (Å²) in [5, 5.41) is 12.3. The molecule has 0 radical (unpaired) electrons. The van der Waals surface area contributed by atoms with Gasteiger partial charge in [-0.05, 0) is 12.1 Å². The van der Waals surface area contributed by atoms with E-state index in [2.05, 4.69) is 5.43 Å². The number of hydrogen-bond donors (Lipinski definition) is 2. The average molecular weight is 224 g/mol. The number of nitrogens with one attached hydrogen (secondary N) is 1. The molecule has 1 rings (SSSR count). The van der Waals surface area contributed by atoms with E-state index < -0.39 is 10.8 Å². The van der Waals surface area contributed by atoms with Gasteiger partial charge in [-0.3, -0.25) is 14.9 Å². The number of anilines is 1. The van der Waals surface area contributed by atoms with Gasteiger partial charge in [-0.25, -0.2) is 5.01 Å². The Morgan fingerprint density at radius 1 is 1.50 bits per heavy atom. The van der Waals surface area contributed by atoms with E-state index in [0.717, 1.165) is 0 Å². The van der Waals surface area contributed by atoms with Gasteiger partial charge in [0.05, 0.1) is 4.92 Å². The van der Waals surface area contributed by atoms with E-state index in [0.29, 0.717) is 0 Å². The summed E-state index contributed by atoms with van der Waals surface area (Å²) in [6.07, 6.45) is 0. The second kappa shape index (κ2) is 4.58. The Labute approximate surface area is 92.0 Å². The predicted molar refractivity (Wildman–Crippen MR) is 58.9 cm³/mol. The molecule has 1 aromatic rings. The third-order valence-corrected chi connectivity index (χ3v) is 1.82. The Bertz CT molecular complexity index is 431. The zero-order valence-corrected chi connectivity index (χ0v) is 8.93. The topological polar surface area (TPSA) is 102 Å². The molecular formula is C9H12N4O3. The van der Waals surface area contributed by atoms with Crippen LogP contribution in [0.25, 0.3) is 0 Å². The summed E-state index contributed by atoms with van der Waals surface area (Å²) in [5.74, 6) is -0.628. The van der Waals surface area contributed by atoms with Crippen LogP contribution in [0.4, 0.5) is 11.4 Å². The largest absolute Gasteiger partial charge is 0.366 e. The van der Waals surface area contributed by atoms with E-state index >= 15 is 0 Å². The number of nitrogens with two attached hydrogens (primary N) is 1. The molecule has 0 aliphatic carbocycles. The molecule has 0 aliphatic rings. The van der Waals surface area contributed by atoms with Gasteiger partial charge < -0.3 is 11.2 Å². The van der Waals surface area contributed by atoms with Gasteiger partial charge in [-0.1, -0.05) is 0 Å². The van der Waals surface area contributed by atoms with Crippen LogP contribution in [-0.2, 0) is 0 Å². The summed E-state index contributed by atoms with van der Waals surface area (Å²) >= 11 is 0. The molecule has 0 unspecified atom stereocenters. The molecular weight excluding hydrogens is 212 g/mol. The molecule has 0 atom stereocenters. The maximum absolute atomic E-state index is 10.9. The number of hydrogen-bond acceptors (Lipinski definition) is 5. The molecule has 0 heterocycles. The lowest BCUT2D eigenvalue weighted by atomic mass is 10.1. The molecule has 3 N–H and O–H groups in total. The van der Waals surface area contributed by atoms with Crippen LogP contribution in [0.2, 0.25) is 0 Å². The van der Waals surface area contributed by atoms with Gasteiger partial charge in [-0.15, -0.1) is 0 Å². The van der Waals surface area contributed by atoms with Crippen molar-refractivity contribution in [3.05, 3.63) is 33.9 Å². The first kappa shape index (κ1) is 11.9. The highest BCUT2D eigenvalue weighted by Gasteiger charge is 2.15. The molecule has 16 heavy (non-hydrogen) atoms. The number of carbonyl (C=O) groups is 1. The van der Waals surface area contributed by atoms with Crippen molar-refractivity contribution in [2.75, 3.05) is 19.5 Å². The Morgan fingerprint density at radius 3 is 2.56 bits per heavy atom. The fraction of sp³-hybridized carbons (Fsp3) is 0.222. The Kier molecular flexibility index (Phi) is 3.41. The Balaban J connectivity index is 3.21. The average Bonchev–Trinajstić information content (AvgIpc) is 2.15. The smallest absolute Gasteiger partial charge is 0.293 e. The maximum atomic E-state index is 10.9. The molecule has 1 amide bonds. The monoisotopic (exact) mass is 224 g/mol.